The molecule has 0 aliphatic heterocycles. The molecule has 4 heteroatoms. The first-order valence-corrected chi connectivity index (χ1v) is 7.22. The lowest BCUT2D eigenvalue weighted by Gasteiger charge is -2.25. The lowest BCUT2D eigenvalue weighted by Crippen LogP contribution is -2.34. The van der Waals surface area contributed by atoms with Gasteiger partial charge in [0.05, 0.1) is 18.7 Å². The Labute approximate surface area is 124 Å². The standard InChI is InChI=1S/C15H24BrNO2/c1-9(2)12-10(8-15(3,4)17)7-11(18-5)14(19-6)13(12)16/h7,9H,8,17H2,1-6H3. The van der Waals surface area contributed by atoms with Gasteiger partial charge in [-0.2, -0.15) is 0 Å². The van der Waals surface area contributed by atoms with Crippen LogP contribution in [0.1, 0.15) is 44.7 Å². The molecule has 0 aliphatic rings. The molecule has 0 saturated heterocycles. The maximum Gasteiger partial charge on any atom is 0.175 e. The summed E-state index contributed by atoms with van der Waals surface area (Å²) in [6, 6.07) is 2.04. The Morgan fingerprint density at radius 3 is 2.21 bits per heavy atom. The van der Waals surface area contributed by atoms with Crippen molar-refractivity contribution in [1.82, 2.24) is 0 Å². The molecule has 0 amide bonds. The highest BCUT2D eigenvalue weighted by molar-refractivity contribution is 9.10. The number of methoxy groups -OCH3 is 2. The molecule has 0 radical (unpaired) electrons. The molecular weight excluding hydrogens is 306 g/mol. The number of nitrogens with two attached hydrogens (primary N) is 1. The van der Waals surface area contributed by atoms with Crippen LogP contribution in [0.5, 0.6) is 11.5 Å². The second-order valence-electron chi connectivity index (χ2n) is 5.82. The van der Waals surface area contributed by atoms with Gasteiger partial charge >= 0.3 is 0 Å². The van der Waals surface area contributed by atoms with E-state index < -0.39 is 0 Å². The van der Waals surface area contributed by atoms with Crippen molar-refractivity contribution in [3.8, 4) is 11.5 Å². The predicted octanol–water partition coefficient (Wildman–Crippen LogP) is 3.87. The molecule has 0 fully saturated rings. The Bertz CT molecular complexity index is 450. The normalized spacial score (nSPS) is 11.8. The van der Waals surface area contributed by atoms with Crippen molar-refractivity contribution in [2.45, 2.75) is 45.6 Å². The SMILES string of the molecule is COc1cc(CC(C)(C)N)c(C(C)C)c(Br)c1OC. The molecule has 0 unspecified atom stereocenters. The molecule has 1 rings (SSSR count). The van der Waals surface area contributed by atoms with Gasteiger partial charge in [0.2, 0.25) is 0 Å². The highest BCUT2D eigenvalue weighted by Gasteiger charge is 2.23. The van der Waals surface area contributed by atoms with Crippen LogP contribution in [0.3, 0.4) is 0 Å². The highest BCUT2D eigenvalue weighted by Crippen LogP contribution is 2.43. The first-order chi connectivity index (χ1) is 8.71. The Morgan fingerprint density at radius 2 is 1.84 bits per heavy atom. The first kappa shape index (κ1) is 16.3. The van der Waals surface area contributed by atoms with Crippen molar-refractivity contribution in [1.29, 1.82) is 0 Å². The Hall–Kier alpha value is -0.740. The van der Waals surface area contributed by atoms with Gasteiger partial charge in [-0.25, -0.2) is 0 Å². The molecule has 0 bridgehead atoms. The summed E-state index contributed by atoms with van der Waals surface area (Å²) in [7, 11) is 3.30. The summed E-state index contributed by atoms with van der Waals surface area (Å²) in [5.74, 6) is 1.86. The van der Waals surface area contributed by atoms with E-state index in [-0.39, 0.29) is 5.54 Å². The summed E-state index contributed by atoms with van der Waals surface area (Å²) in [4.78, 5) is 0. The van der Waals surface area contributed by atoms with Gasteiger partial charge in [-0.05, 0) is 59.3 Å². The molecule has 3 nitrogen and oxygen atoms in total. The van der Waals surface area contributed by atoms with Crippen LogP contribution in [0.4, 0.5) is 0 Å². The third-order valence-corrected chi connectivity index (χ3v) is 3.75. The van der Waals surface area contributed by atoms with E-state index in [1.165, 1.54) is 11.1 Å². The molecule has 0 spiro atoms. The Morgan fingerprint density at radius 1 is 1.26 bits per heavy atom. The van der Waals surface area contributed by atoms with Crippen LogP contribution in [0.2, 0.25) is 0 Å². The summed E-state index contributed by atoms with van der Waals surface area (Å²) < 4.78 is 11.8. The van der Waals surface area contributed by atoms with Crippen molar-refractivity contribution in [2.75, 3.05) is 14.2 Å². The summed E-state index contributed by atoms with van der Waals surface area (Å²) >= 11 is 3.65. The molecule has 2 N–H and O–H groups in total. The average molecular weight is 330 g/mol. The van der Waals surface area contributed by atoms with Crippen molar-refractivity contribution in [3.05, 3.63) is 21.7 Å². The van der Waals surface area contributed by atoms with Crippen LogP contribution in [0.25, 0.3) is 0 Å². The zero-order chi connectivity index (χ0) is 14.8. The molecule has 0 aliphatic carbocycles. The van der Waals surface area contributed by atoms with Gasteiger partial charge in [-0.3, -0.25) is 0 Å². The minimum absolute atomic E-state index is 0.261. The first-order valence-electron chi connectivity index (χ1n) is 6.43. The Balaban J connectivity index is 3.48. The largest absolute Gasteiger partial charge is 0.493 e. The van der Waals surface area contributed by atoms with Gasteiger partial charge in [0.1, 0.15) is 0 Å². The lowest BCUT2D eigenvalue weighted by molar-refractivity contribution is 0.351. The van der Waals surface area contributed by atoms with E-state index in [0.29, 0.717) is 5.92 Å². The van der Waals surface area contributed by atoms with Crippen molar-refractivity contribution in [3.63, 3.8) is 0 Å². The van der Waals surface area contributed by atoms with Crippen molar-refractivity contribution < 1.29 is 9.47 Å². The monoisotopic (exact) mass is 329 g/mol. The molecule has 1 aromatic rings. The van der Waals surface area contributed by atoms with Crippen LogP contribution >= 0.6 is 15.9 Å². The number of hydrogen-bond donors (Lipinski definition) is 1. The smallest absolute Gasteiger partial charge is 0.175 e. The van der Waals surface area contributed by atoms with Crippen LogP contribution in [0.15, 0.2) is 10.5 Å². The molecule has 0 atom stereocenters. The van der Waals surface area contributed by atoms with Crippen LogP contribution in [0, 0.1) is 0 Å². The molecular formula is C15H24BrNO2. The van der Waals surface area contributed by atoms with Gasteiger partial charge in [-0.1, -0.05) is 13.8 Å². The van der Waals surface area contributed by atoms with Crippen LogP contribution in [-0.4, -0.2) is 19.8 Å². The predicted molar refractivity (Wildman–Crippen MR) is 83.3 cm³/mol. The summed E-state index contributed by atoms with van der Waals surface area (Å²) in [5, 5.41) is 0. The zero-order valence-electron chi connectivity index (χ0n) is 12.6. The topological polar surface area (TPSA) is 44.5 Å². The van der Waals surface area contributed by atoms with E-state index in [1.54, 1.807) is 14.2 Å². The average Bonchev–Trinajstić information content (AvgIpc) is 2.25. The van der Waals surface area contributed by atoms with E-state index in [1.807, 2.05) is 19.9 Å². The van der Waals surface area contributed by atoms with Crippen LogP contribution < -0.4 is 15.2 Å². The highest BCUT2D eigenvalue weighted by atomic mass is 79.9. The van der Waals surface area contributed by atoms with E-state index >= 15 is 0 Å². The fraction of sp³-hybridized carbons (Fsp3) is 0.600. The van der Waals surface area contributed by atoms with E-state index in [2.05, 4.69) is 29.8 Å². The number of benzene rings is 1. The van der Waals surface area contributed by atoms with Gasteiger partial charge in [0.25, 0.3) is 0 Å². The molecule has 1 aromatic carbocycles. The van der Waals surface area contributed by atoms with Gasteiger partial charge in [0.15, 0.2) is 11.5 Å². The van der Waals surface area contributed by atoms with Gasteiger partial charge in [0, 0.05) is 5.54 Å². The molecule has 0 aromatic heterocycles. The number of halogens is 1. The maximum absolute atomic E-state index is 6.16. The van der Waals surface area contributed by atoms with Crippen LogP contribution in [-0.2, 0) is 6.42 Å². The van der Waals surface area contributed by atoms with E-state index in [9.17, 15) is 0 Å². The number of hydrogen-bond acceptors (Lipinski definition) is 3. The van der Waals surface area contributed by atoms with Crippen molar-refractivity contribution >= 4 is 15.9 Å². The summed E-state index contributed by atoms with van der Waals surface area (Å²) in [5.41, 5.74) is 8.33. The van der Waals surface area contributed by atoms with Crippen molar-refractivity contribution in [2.24, 2.45) is 5.73 Å². The Kier molecular flexibility index (Phi) is 5.27. The second kappa shape index (κ2) is 6.14. The zero-order valence-corrected chi connectivity index (χ0v) is 14.2. The minimum Gasteiger partial charge on any atom is -0.493 e. The molecule has 108 valence electrons. The minimum atomic E-state index is -0.261. The summed E-state index contributed by atoms with van der Waals surface area (Å²) in [6.07, 6.45) is 0.791. The quantitative estimate of drug-likeness (QED) is 0.891. The molecule has 0 heterocycles. The number of rotatable bonds is 5. The second-order valence-corrected chi connectivity index (χ2v) is 6.61. The third-order valence-electron chi connectivity index (χ3n) is 2.96. The fourth-order valence-corrected chi connectivity index (χ4v) is 3.35. The third kappa shape index (κ3) is 3.86. The maximum atomic E-state index is 6.16. The van der Waals surface area contributed by atoms with Gasteiger partial charge in [-0.15, -0.1) is 0 Å². The van der Waals surface area contributed by atoms with E-state index in [0.717, 1.165) is 22.4 Å². The van der Waals surface area contributed by atoms with E-state index in [4.69, 9.17) is 15.2 Å². The number of ether oxygens (including phenoxy) is 2. The van der Waals surface area contributed by atoms with Gasteiger partial charge < -0.3 is 15.2 Å². The lowest BCUT2D eigenvalue weighted by atomic mass is 9.88. The molecule has 19 heavy (non-hydrogen) atoms. The fourth-order valence-electron chi connectivity index (χ4n) is 2.28. The summed E-state index contributed by atoms with van der Waals surface area (Å²) in [6.45, 7) is 8.39. The molecule has 0 saturated carbocycles.